The second-order valence-electron chi connectivity index (χ2n) is 5.93. The largest absolute Gasteiger partial charge is 0.484 e. The van der Waals surface area contributed by atoms with Crippen LogP contribution in [0.1, 0.15) is 24.9 Å². The first-order valence-electron chi connectivity index (χ1n) is 7.71. The SMILES string of the molecule is C[C@@H]1C[C@@H](c2cccnc2)N(C(=O)COc2ccc(I)cc2)C1. The molecule has 0 unspecified atom stereocenters. The molecule has 0 aliphatic carbocycles. The van der Waals surface area contributed by atoms with E-state index in [-0.39, 0.29) is 18.6 Å². The monoisotopic (exact) mass is 422 g/mol. The molecule has 1 aliphatic rings. The predicted molar refractivity (Wildman–Crippen MR) is 97.1 cm³/mol. The van der Waals surface area contributed by atoms with Crippen LogP contribution in [-0.2, 0) is 4.79 Å². The Bertz CT molecular complexity index is 660. The summed E-state index contributed by atoms with van der Waals surface area (Å²) >= 11 is 2.24. The second-order valence-corrected chi connectivity index (χ2v) is 7.18. The fraction of sp³-hybridized carbons (Fsp3) is 0.333. The molecule has 120 valence electrons. The topological polar surface area (TPSA) is 42.4 Å². The highest BCUT2D eigenvalue weighted by atomic mass is 127. The normalized spacial score (nSPS) is 20.5. The highest BCUT2D eigenvalue weighted by Crippen LogP contribution is 2.34. The minimum atomic E-state index is 0.0294. The number of likely N-dealkylation sites (tertiary alicyclic amines) is 1. The van der Waals surface area contributed by atoms with Crippen LogP contribution < -0.4 is 4.74 Å². The molecule has 2 aromatic rings. The summed E-state index contributed by atoms with van der Waals surface area (Å²) in [5.41, 5.74) is 1.10. The number of rotatable bonds is 4. The Labute approximate surface area is 150 Å². The third kappa shape index (κ3) is 4.02. The maximum Gasteiger partial charge on any atom is 0.261 e. The number of nitrogens with zero attached hydrogens (tertiary/aromatic N) is 2. The first kappa shape index (κ1) is 16.2. The Balaban J connectivity index is 1.66. The highest BCUT2D eigenvalue weighted by molar-refractivity contribution is 14.1. The first-order chi connectivity index (χ1) is 11.1. The summed E-state index contributed by atoms with van der Waals surface area (Å²) in [7, 11) is 0. The Hall–Kier alpha value is -1.63. The van der Waals surface area contributed by atoms with E-state index in [2.05, 4.69) is 34.5 Å². The lowest BCUT2D eigenvalue weighted by Gasteiger charge is -2.24. The zero-order chi connectivity index (χ0) is 16.2. The van der Waals surface area contributed by atoms with Crippen molar-refractivity contribution in [3.63, 3.8) is 0 Å². The number of ether oxygens (including phenoxy) is 1. The van der Waals surface area contributed by atoms with Gasteiger partial charge in [-0.2, -0.15) is 0 Å². The number of amides is 1. The van der Waals surface area contributed by atoms with Gasteiger partial charge in [-0.05, 0) is 70.8 Å². The molecule has 0 bridgehead atoms. The van der Waals surface area contributed by atoms with Crippen LogP contribution in [0.15, 0.2) is 48.8 Å². The molecular weight excluding hydrogens is 403 g/mol. The number of hydrogen-bond acceptors (Lipinski definition) is 3. The lowest BCUT2D eigenvalue weighted by molar-refractivity contribution is -0.134. The van der Waals surface area contributed by atoms with Gasteiger partial charge in [0.25, 0.3) is 5.91 Å². The lowest BCUT2D eigenvalue weighted by Crippen LogP contribution is -2.35. The van der Waals surface area contributed by atoms with Crippen molar-refractivity contribution in [3.05, 3.63) is 57.9 Å². The number of carbonyl (C=O) groups excluding carboxylic acids is 1. The minimum Gasteiger partial charge on any atom is -0.484 e. The molecule has 0 radical (unpaired) electrons. The van der Waals surface area contributed by atoms with E-state index in [1.807, 2.05) is 47.5 Å². The van der Waals surface area contributed by atoms with E-state index in [4.69, 9.17) is 4.74 Å². The van der Waals surface area contributed by atoms with E-state index in [1.54, 1.807) is 6.20 Å². The van der Waals surface area contributed by atoms with Gasteiger partial charge in [0.05, 0.1) is 6.04 Å². The van der Waals surface area contributed by atoms with Gasteiger partial charge in [0.1, 0.15) is 5.75 Å². The molecule has 1 aromatic heterocycles. The van der Waals surface area contributed by atoms with Crippen LogP contribution in [0, 0.1) is 9.49 Å². The fourth-order valence-electron chi connectivity index (χ4n) is 2.97. The lowest BCUT2D eigenvalue weighted by atomic mass is 10.0. The van der Waals surface area contributed by atoms with Crippen LogP contribution in [0.2, 0.25) is 0 Å². The molecule has 1 aliphatic heterocycles. The molecule has 1 amide bonds. The zero-order valence-electron chi connectivity index (χ0n) is 13.0. The molecule has 0 saturated carbocycles. The molecule has 0 N–H and O–H groups in total. The van der Waals surface area contributed by atoms with Crippen LogP contribution in [0.25, 0.3) is 0 Å². The van der Waals surface area contributed by atoms with Crippen molar-refractivity contribution in [1.82, 2.24) is 9.88 Å². The number of carbonyl (C=O) groups is 1. The summed E-state index contributed by atoms with van der Waals surface area (Å²) in [6.07, 6.45) is 4.58. The van der Waals surface area contributed by atoms with Crippen LogP contribution in [-0.4, -0.2) is 28.9 Å². The molecule has 2 heterocycles. The third-order valence-corrected chi connectivity index (χ3v) is 4.79. The minimum absolute atomic E-state index is 0.0294. The summed E-state index contributed by atoms with van der Waals surface area (Å²) in [6.45, 7) is 3.02. The van der Waals surface area contributed by atoms with E-state index < -0.39 is 0 Å². The average Bonchev–Trinajstić information content (AvgIpc) is 2.97. The standard InChI is InChI=1S/C18H19IN2O2/c1-13-9-17(14-3-2-8-20-10-14)21(11-13)18(22)12-23-16-6-4-15(19)5-7-16/h2-8,10,13,17H,9,11-12H2,1H3/t13-,17+/m1/s1. The van der Waals surface area contributed by atoms with Crippen molar-refractivity contribution in [1.29, 1.82) is 0 Å². The van der Waals surface area contributed by atoms with Crippen molar-refractivity contribution < 1.29 is 9.53 Å². The molecular formula is C18H19IN2O2. The van der Waals surface area contributed by atoms with Crippen LogP contribution in [0.4, 0.5) is 0 Å². The number of benzene rings is 1. The molecule has 2 atom stereocenters. The van der Waals surface area contributed by atoms with Crippen molar-refractivity contribution in [2.75, 3.05) is 13.2 Å². The van der Waals surface area contributed by atoms with Gasteiger partial charge in [-0.3, -0.25) is 9.78 Å². The van der Waals surface area contributed by atoms with E-state index in [1.165, 1.54) is 0 Å². The van der Waals surface area contributed by atoms with Gasteiger partial charge in [-0.15, -0.1) is 0 Å². The molecule has 1 fully saturated rings. The van der Waals surface area contributed by atoms with Gasteiger partial charge in [-0.1, -0.05) is 13.0 Å². The molecule has 3 rings (SSSR count). The summed E-state index contributed by atoms with van der Waals surface area (Å²) in [5, 5.41) is 0. The molecule has 5 heteroatoms. The Morgan fingerprint density at radius 2 is 2.13 bits per heavy atom. The summed E-state index contributed by atoms with van der Waals surface area (Å²) in [4.78, 5) is 18.7. The molecule has 1 saturated heterocycles. The van der Waals surface area contributed by atoms with Crippen molar-refractivity contribution in [3.8, 4) is 5.75 Å². The smallest absolute Gasteiger partial charge is 0.261 e. The quantitative estimate of drug-likeness (QED) is 0.707. The van der Waals surface area contributed by atoms with Gasteiger partial charge in [-0.25, -0.2) is 0 Å². The number of aromatic nitrogens is 1. The summed E-state index contributed by atoms with van der Waals surface area (Å²) < 4.78 is 6.79. The van der Waals surface area contributed by atoms with Gasteiger partial charge < -0.3 is 9.64 Å². The Morgan fingerprint density at radius 1 is 1.35 bits per heavy atom. The summed E-state index contributed by atoms with van der Waals surface area (Å²) in [6, 6.07) is 11.8. The highest BCUT2D eigenvalue weighted by Gasteiger charge is 2.34. The molecule has 4 nitrogen and oxygen atoms in total. The van der Waals surface area contributed by atoms with Crippen LogP contribution in [0.3, 0.4) is 0 Å². The molecule has 23 heavy (non-hydrogen) atoms. The maximum atomic E-state index is 12.6. The Morgan fingerprint density at radius 3 is 2.83 bits per heavy atom. The van der Waals surface area contributed by atoms with Crippen LogP contribution in [0.5, 0.6) is 5.75 Å². The zero-order valence-corrected chi connectivity index (χ0v) is 15.1. The van der Waals surface area contributed by atoms with Crippen molar-refractivity contribution in [2.24, 2.45) is 5.92 Å². The van der Waals surface area contributed by atoms with E-state index in [0.29, 0.717) is 5.92 Å². The second kappa shape index (κ2) is 7.29. The van der Waals surface area contributed by atoms with E-state index in [9.17, 15) is 4.79 Å². The van der Waals surface area contributed by atoms with E-state index in [0.717, 1.165) is 27.8 Å². The van der Waals surface area contributed by atoms with Crippen molar-refractivity contribution in [2.45, 2.75) is 19.4 Å². The number of hydrogen-bond donors (Lipinski definition) is 0. The van der Waals surface area contributed by atoms with Crippen molar-refractivity contribution >= 4 is 28.5 Å². The molecule has 0 spiro atoms. The Kier molecular flexibility index (Phi) is 5.15. The van der Waals surface area contributed by atoms with Crippen LogP contribution >= 0.6 is 22.6 Å². The first-order valence-corrected chi connectivity index (χ1v) is 8.79. The maximum absolute atomic E-state index is 12.6. The predicted octanol–water partition coefficient (Wildman–Crippen LogP) is 3.67. The van der Waals surface area contributed by atoms with Gasteiger partial charge >= 0.3 is 0 Å². The molecule has 1 aromatic carbocycles. The number of halogens is 1. The van der Waals surface area contributed by atoms with E-state index >= 15 is 0 Å². The fourth-order valence-corrected chi connectivity index (χ4v) is 3.33. The van der Waals surface area contributed by atoms with Gasteiger partial charge in [0.2, 0.25) is 0 Å². The third-order valence-electron chi connectivity index (χ3n) is 4.08. The van der Waals surface area contributed by atoms with Gasteiger partial charge in [0.15, 0.2) is 6.61 Å². The number of pyridine rings is 1. The van der Waals surface area contributed by atoms with Gasteiger partial charge in [0, 0.05) is 22.5 Å². The summed E-state index contributed by atoms with van der Waals surface area (Å²) in [5.74, 6) is 1.24. The average molecular weight is 422 g/mol.